The van der Waals surface area contributed by atoms with E-state index in [4.69, 9.17) is 4.74 Å². The Morgan fingerprint density at radius 3 is 2.35 bits per heavy atom. The molecule has 26 heavy (non-hydrogen) atoms. The van der Waals surface area contributed by atoms with Crippen molar-refractivity contribution >= 4 is 18.3 Å². The summed E-state index contributed by atoms with van der Waals surface area (Å²) in [6.45, 7) is 7.26. The van der Waals surface area contributed by atoms with Crippen molar-refractivity contribution in [2.45, 2.75) is 71.1 Å². The van der Waals surface area contributed by atoms with Crippen LogP contribution >= 0.6 is 0 Å². The van der Waals surface area contributed by atoms with Crippen LogP contribution in [0.2, 0.25) is 0 Å². The van der Waals surface area contributed by atoms with Crippen LogP contribution in [0.1, 0.15) is 52.5 Å². The number of amides is 2. The van der Waals surface area contributed by atoms with Crippen molar-refractivity contribution in [1.82, 2.24) is 10.6 Å². The summed E-state index contributed by atoms with van der Waals surface area (Å²) >= 11 is 0. The lowest BCUT2D eigenvalue weighted by atomic mass is 10.0. The zero-order chi connectivity index (χ0) is 19.6. The second-order valence-electron chi connectivity index (χ2n) is 7.21. The highest BCUT2D eigenvalue weighted by Crippen LogP contribution is 2.09. The fourth-order valence-corrected chi connectivity index (χ4v) is 2.35. The molecule has 6 nitrogen and oxygen atoms in total. The van der Waals surface area contributed by atoms with E-state index in [1.54, 1.807) is 20.8 Å². The van der Waals surface area contributed by atoms with E-state index in [2.05, 4.69) is 10.6 Å². The van der Waals surface area contributed by atoms with E-state index < -0.39 is 29.7 Å². The van der Waals surface area contributed by atoms with Crippen molar-refractivity contribution in [2.75, 3.05) is 0 Å². The van der Waals surface area contributed by atoms with E-state index in [0.717, 1.165) is 18.4 Å². The summed E-state index contributed by atoms with van der Waals surface area (Å²) in [5.41, 5.74) is 0.224. The van der Waals surface area contributed by atoms with Gasteiger partial charge in [0.2, 0.25) is 12.2 Å². The Labute approximate surface area is 155 Å². The van der Waals surface area contributed by atoms with Crippen LogP contribution in [-0.2, 0) is 20.7 Å². The third kappa shape index (κ3) is 8.65. The molecule has 1 aromatic rings. The zero-order valence-electron chi connectivity index (χ0n) is 16.0. The monoisotopic (exact) mass is 361 g/mol. The normalized spacial score (nSPS) is 13.4. The van der Waals surface area contributed by atoms with Crippen molar-refractivity contribution < 1.29 is 19.1 Å². The van der Waals surface area contributed by atoms with Crippen LogP contribution in [0.5, 0.6) is 0 Å². The molecule has 0 heterocycles. The molecule has 1 radical (unpaired) electrons. The van der Waals surface area contributed by atoms with E-state index >= 15 is 0 Å². The Morgan fingerprint density at radius 1 is 1.15 bits per heavy atom. The number of nitrogens with one attached hydrogen (secondary N) is 2. The summed E-state index contributed by atoms with van der Waals surface area (Å²) in [4.78, 5) is 35.8. The topological polar surface area (TPSA) is 84.5 Å². The molecule has 0 unspecified atom stereocenters. The van der Waals surface area contributed by atoms with Gasteiger partial charge in [-0.2, -0.15) is 0 Å². The van der Waals surface area contributed by atoms with Gasteiger partial charge in [0.15, 0.2) is 0 Å². The summed E-state index contributed by atoms with van der Waals surface area (Å²) in [6.07, 6.45) is 3.72. The fourth-order valence-electron chi connectivity index (χ4n) is 2.35. The summed E-state index contributed by atoms with van der Waals surface area (Å²) in [6, 6.07) is 7.82. The van der Waals surface area contributed by atoms with Gasteiger partial charge in [-0.1, -0.05) is 50.1 Å². The van der Waals surface area contributed by atoms with Crippen LogP contribution in [0.4, 0.5) is 4.79 Å². The van der Waals surface area contributed by atoms with E-state index in [0.29, 0.717) is 12.8 Å². The van der Waals surface area contributed by atoms with Crippen LogP contribution in [-0.4, -0.2) is 36.0 Å². The average molecular weight is 361 g/mol. The van der Waals surface area contributed by atoms with E-state index in [-0.39, 0.29) is 0 Å². The number of hydrogen-bond donors (Lipinski definition) is 2. The Balaban J connectivity index is 2.82. The van der Waals surface area contributed by atoms with E-state index in [1.165, 1.54) is 0 Å². The lowest BCUT2D eigenvalue weighted by Crippen LogP contribution is -2.52. The number of benzene rings is 1. The maximum atomic E-state index is 12.6. The second kappa shape index (κ2) is 10.6. The van der Waals surface area contributed by atoms with Gasteiger partial charge in [-0.05, 0) is 32.8 Å². The molecule has 2 amide bonds. The van der Waals surface area contributed by atoms with Gasteiger partial charge in [0.25, 0.3) is 0 Å². The first-order valence-corrected chi connectivity index (χ1v) is 8.96. The Hall–Kier alpha value is -2.37. The zero-order valence-corrected chi connectivity index (χ0v) is 16.0. The van der Waals surface area contributed by atoms with Gasteiger partial charge in [-0.3, -0.25) is 9.59 Å². The average Bonchev–Trinajstić information content (AvgIpc) is 2.57. The molecular weight excluding hydrogens is 332 g/mol. The molecule has 0 spiro atoms. The van der Waals surface area contributed by atoms with Crippen LogP contribution < -0.4 is 10.6 Å². The third-order valence-corrected chi connectivity index (χ3v) is 3.60. The smallest absolute Gasteiger partial charge is 0.408 e. The number of alkyl carbamates (subject to hydrolysis) is 1. The Kier molecular flexibility index (Phi) is 8.82. The maximum Gasteiger partial charge on any atom is 0.408 e. The molecule has 0 bridgehead atoms. The molecule has 0 saturated carbocycles. The molecule has 0 aliphatic carbocycles. The number of rotatable bonds is 9. The maximum absolute atomic E-state index is 12.6. The Morgan fingerprint density at radius 2 is 1.81 bits per heavy atom. The number of unbranched alkanes of at least 4 members (excludes halogenated alkanes) is 1. The number of hydrogen-bond acceptors (Lipinski definition) is 4. The van der Waals surface area contributed by atoms with Gasteiger partial charge in [0.1, 0.15) is 11.6 Å². The summed E-state index contributed by atoms with van der Waals surface area (Å²) < 4.78 is 5.24. The molecule has 2 N–H and O–H groups in total. The largest absolute Gasteiger partial charge is 0.444 e. The minimum atomic E-state index is -0.843. The summed E-state index contributed by atoms with van der Waals surface area (Å²) in [5.74, 6) is -0.427. The molecule has 0 aliphatic heterocycles. The van der Waals surface area contributed by atoms with E-state index in [1.807, 2.05) is 43.5 Å². The second-order valence-corrected chi connectivity index (χ2v) is 7.21. The first kappa shape index (κ1) is 21.7. The molecule has 0 aromatic heterocycles. The van der Waals surface area contributed by atoms with Crippen molar-refractivity contribution in [3.05, 3.63) is 35.9 Å². The van der Waals surface area contributed by atoms with Crippen molar-refractivity contribution in [3.8, 4) is 0 Å². The quantitative estimate of drug-likeness (QED) is 0.708. The van der Waals surface area contributed by atoms with Crippen molar-refractivity contribution in [3.63, 3.8) is 0 Å². The minimum Gasteiger partial charge on any atom is -0.444 e. The van der Waals surface area contributed by atoms with Gasteiger partial charge in [-0.25, -0.2) is 4.79 Å². The fraction of sp³-hybridized carbons (Fsp3) is 0.550. The van der Waals surface area contributed by atoms with Crippen molar-refractivity contribution in [1.29, 1.82) is 0 Å². The Bertz CT molecular complexity index is 581. The third-order valence-electron chi connectivity index (χ3n) is 3.60. The molecular formula is C20H29N2O4. The van der Waals surface area contributed by atoms with Crippen LogP contribution in [0.15, 0.2) is 30.3 Å². The standard InChI is InChI=1S/C20H29N2O4/c1-5-6-12-16(14-23)21-18(24)17(13-15-10-8-7-9-11-15)22-19(25)26-20(2,3)4/h7-11,16-17H,5-6,12-13H2,1-4H3,(H,21,24)(H,22,25)/t16-,17-/m0/s1. The molecule has 6 heteroatoms. The highest BCUT2D eigenvalue weighted by atomic mass is 16.6. The number of carbonyl (C=O) groups excluding carboxylic acids is 3. The molecule has 1 rings (SSSR count). The van der Waals surface area contributed by atoms with Gasteiger partial charge in [0, 0.05) is 6.42 Å². The highest BCUT2D eigenvalue weighted by molar-refractivity contribution is 5.87. The van der Waals surface area contributed by atoms with Crippen molar-refractivity contribution in [2.24, 2.45) is 0 Å². The van der Waals surface area contributed by atoms with Gasteiger partial charge < -0.3 is 15.4 Å². The van der Waals surface area contributed by atoms with Crippen LogP contribution in [0, 0.1) is 0 Å². The molecule has 0 fully saturated rings. The molecule has 1 aromatic carbocycles. The first-order valence-electron chi connectivity index (χ1n) is 8.96. The number of ether oxygens (including phenoxy) is 1. The summed E-state index contributed by atoms with van der Waals surface area (Å²) in [5, 5.41) is 5.26. The molecule has 2 atom stereocenters. The summed E-state index contributed by atoms with van der Waals surface area (Å²) in [7, 11) is 0. The molecule has 143 valence electrons. The lowest BCUT2D eigenvalue weighted by Gasteiger charge is -2.24. The molecule has 0 aliphatic rings. The highest BCUT2D eigenvalue weighted by Gasteiger charge is 2.26. The predicted molar refractivity (Wildman–Crippen MR) is 100 cm³/mol. The van der Waals surface area contributed by atoms with Gasteiger partial charge in [-0.15, -0.1) is 0 Å². The van der Waals surface area contributed by atoms with Crippen LogP contribution in [0.3, 0.4) is 0 Å². The predicted octanol–water partition coefficient (Wildman–Crippen LogP) is 2.91. The first-order chi connectivity index (χ1) is 12.2. The molecule has 0 saturated heterocycles. The van der Waals surface area contributed by atoms with E-state index in [9.17, 15) is 14.4 Å². The van der Waals surface area contributed by atoms with Gasteiger partial charge >= 0.3 is 6.09 Å². The SMILES string of the molecule is CCCC[C@@H]([C]=O)NC(=O)[C@H](Cc1ccccc1)NC(=O)OC(C)(C)C. The van der Waals surface area contributed by atoms with Crippen LogP contribution in [0.25, 0.3) is 0 Å². The minimum absolute atomic E-state index is 0.297. The lowest BCUT2D eigenvalue weighted by molar-refractivity contribution is -0.123. The number of carbonyl (C=O) groups is 2. The van der Waals surface area contributed by atoms with Gasteiger partial charge in [0.05, 0.1) is 6.04 Å².